The van der Waals surface area contributed by atoms with Crippen LogP contribution in [0.3, 0.4) is 0 Å². The molecule has 2 amide bonds. The topological polar surface area (TPSA) is 62.3 Å². The summed E-state index contributed by atoms with van der Waals surface area (Å²) in [6.45, 7) is 2.91. The summed E-state index contributed by atoms with van der Waals surface area (Å²) in [5, 5.41) is 3.15. The maximum Gasteiger partial charge on any atom is 0.272 e. The van der Waals surface area contributed by atoms with Crippen molar-refractivity contribution < 1.29 is 9.59 Å². The standard InChI is InChI=1S/C21H31N3O2/c1-2-18-11-7-8-14-24(18)21(26)19-15-16(12-13-22-19)20(25)23-17-9-5-3-4-6-10-17/h12-13,15,17-18H,2-11,14H2,1H3,(H,23,25). The van der Waals surface area contributed by atoms with Crippen molar-refractivity contribution in [3.05, 3.63) is 29.6 Å². The molecule has 1 N–H and O–H groups in total. The summed E-state index contributed by atoms with van der Waals surface area (Å²) in [6.07, 6.45) is 12.8. The van der Waals surface area contributed by atoms with E-state index in [0.717, 1.165) is 38.6 Å². The Hall–Kier alpha value is -1.91. The number of carbonyl (C=O) groups is 2. The molecule has 1 atom stereocenters. The van der Waals surface area contributed by atoms with Gasteiger partial charge in [0, 0.05) is 30.4 Å². The molecule has 1 unspecified atom stereocenters. The Morgan fingerprint density at radius 1 is 1.12 bits per heavy atom. The smallest absolute Gasteiger partial charge is 0.272 e. The van der Waals surface area contributed by atoms with Gasteiger partial charge in [-0.25, -0.2) is 0 Å². The number of rotatable bonds is 4. The third-order valence-corrected chi connectivity index (χ3v) is 5.79. The highest BCUT2D eigenvalue weighted by atomic mass is 16.2. The second kappa shape index (κ2) is 9.15. The van der Waals surface area contributed by atoms with Crippen molar-refractivity contribution >= 4 is 11.8 Å². The van der Waals surface area contributed by atoms with Crippen molar-refractivity contribution in [3.8, 4) is 0 Å². The van der Waals surface area contributed by atoms with Crippen LogP contribution in [0.1, 0.15) is 92.0 Å². The molecule has 5 nitrogen and oxygen atoms in total. The molecule has 1 aromatic rings. The van der Waals surface area contributed by atoms with Crippen molar-refractivity contribution in [1.29, 1.82) is 0 Å². The first-order chi connectivity index (χ1) is 12.7. The Bertz CT molecular complexity index is 623. The summed E-state index contributed by atoms with van der Waals surface area (Å²) < 4.78 is 0. The molecule has 1 aromatic heterocycles. The van der Waals surface area contributed by atoms with E-state index in [4.69, 9.17) is 0 Å². The van der Waals surface area contributed by atoms with Crippen LogP contribution in [-0.4, -0.2) is 40.3 Å². The van der Waals surface area contributed by atoms with E-state index in [1.54, 1.807) is 18.3 Å². The zero-order valence-corrected chi connectivity index (χ0v) is 15.9. The first-order valence-corrected chi connectivity index (χ1v) is 10.3. The first-order valence-electron chi connectivity index (χ1n) is 10.3. The van der Waals surface area contributed by atoms with Crippen LogP contribution in [0.15, 0.2) is 18.3 Å². The molecule has 0 aromatic carbocycles. The average Bonchev–Trinajstić information content (AvgIpc) is 2.96. The number of likely N-dealkylation sites (tertiary alicyclic amines) is 1. The molecule has 1 aliphatic carbocycles. The highest BCUT2D eigenvalue weighted by Gasteiger charge is 2.27. The number of nitrogens with one attached hydrogen (secondary N) is 1. The lowest BCUT2D eigenvalue weighted by Crippen LogP contribution is -2.43. The van der Waals surface area contributed by atoms with E-state index in [2.05, 4.69) is 17.2 Å². The van der Waals surface area contributed by atoms with Gasteiger partial charge >= 0.3 is 0 Å². The van der Waals surface area contributed by atoms with E-state index >= 15 is 0 Å². The van der Waals surface area contributed by atoms with Crippen molar-refractivity contribution in [2.75, 3.05) is 6.54 Å². The summed E-state index contributed by atoms with van der Waals surface area (Å²) in [4.78, 5) is 31.7. The minimum Gasteiger partial charge on any atom is -0.349 e. The molecule has 3 rings (SSSR count). The van der Waals surface area contributed by atoms with Crippen molar-refractivity contribution in [2.45, 2.75) is 83.2 Å². The lowest BCUT2D eigenvalue weighted by atomic mass is 9.99. The number of carbonyl (C=O) groups excluding carboxylic acids is 2. The fourth-order valence-electron chi connectivity index (χ4n) is 4.22. The molecule has 0 radical (unpaired) electrons. The molecule has 1 saturated heterocycles. The molecule has 0 spiro atoms. The average molecular weight is 357 g/mol. The predicted octanol–water partition coefficient (Wildman–Crippen LogP) is 3.94. The Morgan fingerprint density at radius 2 is 1.85 bits per heavy atom. The van der Waals surface area contributed by atoms with Crippen molar-refractivity contribution in [1.82, 2.24) is 15.2 Å². The maximum absolute atomic E-state index is 12.9. The van der Waals surface area contributed by atoms with Gasteiger partial charge in [-0.1, -0.05) is 32.6 Å². The van der Waals surface area contributed by atoms with Gasteiger partial charge in [-0.3, -0.25) is 14.6 Å². The molecular formula is C21H31N3O2. The Balaban J connectivity index is 1.68. The second-order valence-corrected chi connectivity index (χ2v) is 7.65. The molecule has 5 heteroatoms. The molecule has 26 heavy (non-hydrogen) atoms. The van der Waals surface area contributed by atoms with Crippen LogP contribution in [-0.2, 0) is 0 Å². The van der Waals surface area contributed by atoms with E-state index < -0.39 is 0 Å². The molecular weight excluding hydrogens is 326 g/mol. The van der Waals surface area contributed by atoms with Gasteiger partial charge in [-0.2, -0.15) is 0 Å². The Morgan fingerprint density at radius 3 is 2.58 bits per heavy atom. The summed E-state index contributed by atoms with van der Waals surface area (Å²) >= 11 is 0. The first kappa shape index (κ1) is 18.9. The van der Waals surface area contributed by atoms with E-state index in [1.165, 1.54) is 32.1 Å². The molecule has 142 valence electrons. The third kappa shape index (κ3) is 4.63. The monoisotopic (exact) mass is 357 g/mol. The number of aromatic nitrogens is 1. The zero-order valence-electron chi connectivity index (χ0n) is 15.9. The Kier molecular flexibility index (Phi) is 6.64. The van der Waals surface area contributed by atoms with Crippen LogP contribution >= 0.6 is 0 Å². The summed E-state index contributed by atoms with van der Waals surface area (Å²) in [5.74, 6) is -0.125. The van der Waals surface area contributed by atoms with Crippen LogP contribution in [0.4, 0.5) is 0 Å². The number of amides is 2. The van der Waals surface area contributed by atoms with E-state index in [-0.39, 0.29) is 17.9 Å². The van der Waals surface area contributed by atoms with Gasteiger partial charge in [0.05, 0.1) is 0 Å². The van der Waals surface area contributed by atoms with Crippen LogP contribution in [0.25, 0.3) is 0 Å². The SMILES string of the molecule is CCC1CCCCN1C(=O)c1cc(C(=O)NC2CCCCCC2)ccn1. The van der Waals surface area contributed by atoms with Crippen LogP contribution in [0.5, 0.6) is 0 Å². The quantitative estimate of drug-likeness (QED) is 0.830. The Labute approximate surface area is 156 Å². The van der Waals surface area contributed by atoms with Gasteiger partial charge in [0.15, 0.2) is 0 Å². The number of piperidine rings is 1. The molecule has 2 heterocycles. The van der Waals surface area contributed by atoms with Gasteiger partial charge < -0.3 is 10.2 Å². The highest BCUT2D eigenvalue weighted by molar-refractivity contribution is 5.98. The number of nitrogens with zero attached hydrogens (tertiary/aromatic N) is 2. The van der Waals surface area contributed by atoms with Crippen LogP contribution < -0.4 is 5.32 Å². The summed E-state index contributed by atoms with van der Waals surface area (Å²) in [6, 6.07) is 3.91. The van der Waals surface area contributed by atoms with Gasteiger partial charge in [0.2, 0.25) is 0 Å². The van der Waals surface area contributed by atoms with Gasteiger partial charge in [0.1, 0.15) is 5.69 Å². The predicted molar refractivity (Wildman–Crippen MR) is 102 cm³/mol. The summed E-state index contributed by atoms with van der Waals surface area (Å²) in [7, 11) is 0. The number of hydrogen-bond acceptors (Lipinski definition) is 3. The summed E-state index contributed by atoms with van der Waals surface area (Å²) in [5.41, 5.74) is 0.927. The third-order valence-electron chi connectivity index (χ3n) is 5.79. The second-order valence-electron chi connectivity index (χ2n) is 7.65. The van der Waals surface area contributed by atoms with Gasteiger partial charge in [-0.05, 0) is 50.7 Å². The molecule has 2 fully saturated rings. The lowest BCUT2D eigenvalue weighted by Gasteiger charge is -2.35. The van der Waals surface area contributed by atoms with Crippen LogP contribution in [0.2, 0.25) is 0 Å². The molecule has 2 aliphatic rings. The van der Waals surface area contributed by atoms with Crippen LogP contribution in [0, 0.1) is 0 Å². The fourth-order valence-corrected chi connectivity index (χ4v) is 4.22. The molecule has 1 aliphatic heterocycles. The van der Waals surface area contributed by atoms with E-state index in [0.29, 0.717) is 17.3 Å². The molecule has 0 bridgehead atoms. The largest absolute Gasteiger partial charge is 0.349 e. The normalized spacial score (nSPS) is 21.9. The van der Waals surface area contributed by atoms with Crippen molar-refractivity contribution in [2.24, 2.45) is 0 Å². The zero-order chi connectivity index (χ0) is 18.4. The number of pyridine rings is 1. The maximum atomic E-state index is 12.9. The van der Waals surface area contributed by atoms with Gasteiger partial charge in [-0.15, -0.1) is 0 Å². The van der Waals surface area contributed by atoms with E-state index in [9.17, 15) is 9.59 Å². The highest BCUT2D eigenvalue weighted by Crippen LogP contribution is 2.22. The minimum atomic E-state index is -0.0842. The number of hydrogen-bond donors (Lipinski definition) is 1. The van der Waals surface area contributed by atoms with E-state index in [1.807, 2.05) is 4.90 Å². The van der Waals surface area contributed by atoms with Crippen molar-refractivity contribution in [3.63, 3.8) is 0 Å². The minimum absolute atomic E-state index is 0.0410. The molecule has 1 saturated carbocycles. The fraction of sp³-hybridized carbons (Fsp3) is 0.667. The lowest BCUT2D eigenvalue weighted by molar-refractivity contribution is 0.0602. The van der Waals surface area contributed by atoms with Gasteiger partial charge in [0.25, 0.3) is 11.8 Å².